The van der Waals surface area contributed by atoms with Crippen molar-refractivity contribution >= 4 is 39.1 Å². The molecule has 0 saturated heterocycles. The Bertz CT molecular complexity index is 1500. The van der Waals surface area contributed by atoms with E-state index in [9.17, 15) is 18.0 Å². The molecule has 3 aromatic rings. The average molecular weight is 628 g/mol. The van der Waals surface area contributed by atoms with Crippen LogP contribution in [-0.2, 0) is 32.6 Å². The van der Waals surface area contributed by atoms with Gasteiger partial charge in [-0.05, 0) is 48.2 Å². The van der Waals surface area contributed by atoms with E-state index >= 15 is 0 Å². The van der Waals surface area contributed by atoms with Crippen LogP contribution in [0.25, 0.3) is 0 Å². The first-order valence-electron chi connectivity index (χ1n) is 14.4. The highest BCUT2D eigenvalue weighted by atomic mass is 35.5. The smallest absolute Gasteiger partial charge is 0.243 e. The molecule has 0 saturated carbocycles. The first kappa shape index (κ1) is 32.2. The predicted molar refractivity (Wildman–Crippen MR) is 168 cm³/mol. The molecule has 0 fully saturated rings. The molecule has 4 rings (SSSR count). The summed E-state index contributed by atoms with van der Waals surface area (Å²) in [6.45, 7) is 2.88. The number of benzene rings is 3. The summed E-state index contributed by atoms with van der Waals surface area (Å²) in [6.07, 6.45) is 3.48. The molecule has 1 aliphatic rings. The van der Waals surface area contributed by atoms with Gasteiger partial charge in [-0.2, -0.15) is 0 Å². The zero-order valence-corrected chi connectivity index (χ0v) is 26.1. The second kappa shape index (κ2) is 15.1. The Morgan fingerprint density at radius 1 is 0.953 bits per heavy atom. The minimum atomic E-state index is -3.66. The molecule has 2 amide bonds. The Kier molecular flexibility index (Phi) is 11.3. The van der Waals surface area contributed by atoms with E-state index in [1.807, 2.05) is 49.4 Å². The van der Waals surface area contributed by atoms with Crippen molar-refractivity contribution in [2.75, 3.05) is 30.4 Å². The molecule has 3 aromatic carbocycles. The van der Waals surface area contributed by atoms with E-state index in [0.717, 1.165) is 30.2 Å². The van der Waals surface area contributed by atoms with E-state index in [4.69, 9.17) is 21.1 Å². The van der Waals surface area contributed by atoms with Crippen LogP contribution in [0, 0.1) is 0 Å². The van der Waals surface area contributed by atoms with E-state index in [0.29, 0.717) is 35.2 Å². The van der Waals surface area contributed by atoms with Crippen molar-refractivity contribution in [2.45, 2.75) is 51.6 Å². The number of halogens is 1. The van der Waals surface area contributed by atoms with Gasteiger partial charge in [0.25, 0.3) is 0 Å². The maximum absolute atomic E-state index is 13.9. The Labute approximate surface area is 258 Å². The molecule has 43 heavy (non-hydrogen) atoms. The number of carbonyl (C=O) groups is 2. The fourth-order valence-electron chi connectivity index (χ4n) is 4.94. The van der Waals surface area contributed by atoms with E-state index in [1.165, 1.54) is 4.31 Å². The third kappa shape index (κ3) is 9.11. The Morgan fingerprint density at radius 3 is 2.42 bits per heavy atom. The minimum Gasteiger partial charge on any atom is -0.454 e. The number of anilines is 1. The predicted octanol–water partition coefficient (Wildman–Crippen LogP) is 5.17. The number of nitrogens with one attached hydrogen (secondary N) is 1. The van der Waals surface area contributed by atoms with Gasteiger partial charge in [0.15, 0.2) is 11.5 Å². The van der Waals surface area contributed by atoms with Crippen molar-refractivity contribution < 1.29 is 27.5 Å². The van der Waals surface area contributed by atoms with Crippen LogP contribution in [0.4, 0.5) is 5.69 Å². The number of fused-ring (bicyclic) bond motifs is 1. The van der Waals surface area contributed by atoms with Crippen LogP contribution < -0.4 is 19.1 Å². The molecular weight excluding hydrogens is 590 g/mol. The van der Waals surface area contributed by atoms with E-state index in [-0.39, 0.29) is 44.5 Å². The van der Waals surface area contributed by atoms with E-state index in [2.05, 4.69) is 5.32 Å². The number of hydrogen-bond acceptors (Lipinski definition) is 6. The molecule has 1 heterocycles. The van der Waals surface area contributed by atoms with E-state index < -0.39 is 16.1 Å². The van der Waals surface area contributed by atoms with Crippen LogP contribution in [-0.4, -0.2) is 57.3 Å². The minimum absolute atomic E-state index is 0.0324. The van der Waals surface area contributed by atoms with E-state index in [1.54, 1.807) is 35.2 Å². The Morgan fingerprint density at radius 2 is 1.70 bits per heavy atom. The molecule has 1 aliphatic heterocycles. The van der Waals surface area contributed by atoms with Crippen LogP contribution in [0.1, 0.15) is 43.7 Å². The Balaban J connectivity index is 1.56. The highest BCUT2D eigenvalue weighted by molar-refractivity contribution is 7.92. The molecule has 1 N–H and O–H groups in total. The lowest BCUT2D eigenvalue weighted by Gasteiger charge is -2.32. The highest BCUT2D eigenvalue weighted by Crippen LogP contribution is 2.36. The van der Waals surface area contributed by atoms with Crippen LogP contribution in [0.2, 0.25) is 5.02 Å². The first-order valence-corrected chi connectivity index (χ1v) is 16.6. The van der Waals surface area contributed by atoms with Gasteiger partial charge < -0.3 is 19.7 Å². The SMILES string of the molecule is CCCCNC(=O)C(Cc1ccccc1)N(Cc1cccc(Cl)c1)C(=O)CCCN(c1ccc2c(c1)OCO2)S(C)(=O)=O. The van der Waals surface area contributed by atoms with Crippen molar-refractivity contribution in [3.63, 3.8) is 0 Å². The highest BCUT2D eigenvalue weighted by Gasteiger charge is 2.30. The van der Waals surface area contributed by atoms with Gasteiger partial charge in [0, 0.05) is 43.6 Å². The lowest BCUT2D eigenvalue weighted by atomic mass is 10.0. The number of amides is 2. The summed E-state index contributed by atoms with van der Waals surface area (Å²) < 4.78 is 37.5. The lowest BCUT2D eigenvalue weighted by Crippen LogP contribution is -2.50. The van der Waals surface area contributed by atoms with Gasteiger partial charge in [-0.25, -0.2) is 8.42 Å². The van der Waals surface area contributed by atoms with Crippen LogP contribution in [0.3, 0.4) is 0 Å². The molecule has 9 nitrogen and oxygen atoms in total. The molecule has 1 atom stereocenters. The van der Waals surface area contributed by atoms with Crippen molar-refractivity contribution in [1.82, 2.24) is 10.2 Å². The maximum atomic E-state index is 13.9. The quantitative estimate of drug-likeness (QED) is 0.233. The van der Waals surface area contributed by atoms with Gasteiger partial charge in [0.2, 0.25) is 28.6 Å². The third-order valence-electron chi connectivity index (χ3n) is 7.14. The summed E-state index contributed by atoms with van der Waals surface area (Å²) in [5.41, 5.74) is 2.14. The summed E-state index contributed by atoms with van der Waals surface area (Å²) in [5, 5.41) is 3.54. The number of ether oxygens (including phenoxy) is 2. The van der Waals surface area contributed by atoms with Gasteiger partial charge in [0.05, 0.1) is 11.9 Å². The molecule has 0 radical (unpaired) electrons. The molecule has 11 heteroatoms. The second-order valence-electron chi connectivity index (χ2n) is 10.5. The largest absolute Gasteiger partial charge is 0.454 e. The number of sulfonamides is 1. The zero-order chi connectivity index (χ0) is 30.8. The Hall–Kier alpha value is -3.76. The fourth-order valence-corrected chi connectivity index (χ4v) is 6.11. The summed E-state index contributed by atoms with van der Waals surface area (Å²) in [5.74, 6) is 0.523. The van der Waals surface area contributed by atoms with Crippen molar-refractivity contribution in [2.24, 2.45) is 0 Å². The van der Waals surface area contributed by atoms with Crippen LogP contribution in [0.15, 0.2) is 72.8 Å². The molecule has 0 spiro atoms. The summed E-state index contributed by atoms with van der Waals surface area (Å²) in [4.78, 5) is 29.1. The van der Waals surface area contributed by atoms with Crippen molar-refractivity contribution in [3.05, 3.63) is 88.9 Å². The lowest BCUT2D eigenvalue weighted by molar-refractivity contribution is -0.141. The molecule has 0 aromatic heterocycles. The molecule has 0 bridgehead atoms. The van der Waals surface area contributed by atoms with Crippen molar-refractivity contribution in [1.29, 1.82) is 0 Å². The summed E-state index contributed by atoms with van der Waals surface area (Å²) in [6, 6.07) is 21.0. The van der Waals surface area contributed by atoms with Gasteiger partial charge in [-0.1, -0.05) is 67.4 Å². The maximum Gasteiger partial charge on any atom is 0.243 e. The van der Waals surface area contributed by atoms with Gasteiger partial charge in [0.1, 0.15) is 6.04 Å². The molecular formula is C32H38ClN3O6S. The number of unbranched alkanes of at least 4 members (excludes halogenated alkanes) is 1. The van der Waals surface area contributed by atoms with Gasteiger partial charge in [-0.15, -0.1) is 0 Å². The second-order valence-corrected chi connectivity index (χ2v) is 12.8. The zero-order valence-electron chi connectivity index (χ0n) is 24.5. The number of nitrogens with zero attached hydrogens (tertiary/aromatic N) is 2. The third-order valence-corrected chi connectivity index (χ3v) is 8.57. The summed E-state index contributed by atoms with van der Waals surface area (Å²) >= 11 is 6.26. The van der Waals surface area contributed by atoms with Gasteiger partial charge >= 0.3 is 0 Å². The first-order chi connectivity index (χ1) is 20.7. The molecule has 0 aliphatic carbocycles. The van der Waals surface area contributed by atoms with Crippen LogP contribution >= 0.6 is 11.6 Å². The van der Waals surface area contributed by atoms with Gasteiger partial charge in [-0.3, -0.25) is 13.9 Å². The standard InChI is InChI=1S/C32H38ClN3O6S/c1-3-4-17-34-32(38)28(20-24-10-6-5-7-11-24)35(22-25-12-8-13-26(33)19-25)31(37)14-9-18-36(43(2,39)40)27-15-16-29-30(21-27)42-23-41-29/h5-8,10-13,15-16,19,21,28H,3-4,9,14,17-18,20,22-23H2,1-2H3,(H,34,38). The summed E-state index contributed by atoms with van der Waals surface area (Å²) in [7, 11) is -3.66. The van der Waals surface area contributed by atoms with Crippen molar-refractivity contribution in [3.8, 4) is 11.5 Å². The molecule has 1 unspecified atom stereocenters. The van der Waals surface area contributed by atoms with Crippen LogP contribution in [0.5, 0.6) is 11.5 Å². The number of rotatable bonds is 15. The topological polar surface area (TPSA) is 105 Å². The molecule has 230 valence electrons. The number of hydrogen-bond donors (Lipinski definition) is 1. The fraction of sp³-hybridized carbons (Fsp3) is 0.375. The average Bonchev–Trinajstić information content (AvgIpc) is 3.45. The monoisotopic (exact) mass is 627 g/mol. The number of carbonyl (C=O) groups excluding carboxylic acids is 2. The normalized spacial score (nSPS) is 12.9.